The van der Waals surface area contributed by atoms with Gasteiger partial charge in [0.1, 0.15) is 12.4 Å². The Morgan fingerprint density at radius 3 is 2.81 bits per heavy atom. The van der Waals surface area contributed by atoms with Gasteiger partial charge in [0.15, 0.2) is 0 Å². The van der Waals surface area contributed by atoms with Gasteiger partial charge in [0.2, 0.25) is 0 Å². The third-order valence-corrected chi connectivity index (χ3v) is 3.48. The van der Waals surface area contributed by atoms with E-state index in [0.29, 0.717) is 18.1 Å². The molecule has 1 saturated heterocycles. The van der Waals surface area contributed by atoms with Crippen molar-refractivity contribution in [3.05, 3.63) is 42.5 Å². The van der Waals surface area contributed by atoms with Crippen LogP contribution in [0.4, 0.5) is 0 Å². The quantitative estimate of drug-likeness (QED) is 0.760. The molecule has 0 bridgehead atoms. The van der Waals surface area contributed by atoms with Gasteiger partial charge in [0.05, 0.1) is 0 Å². The minimum Gasteiger partial charge on any atom is -0.490 e. The van der Waals surface area contributed by atoms with Gasteiger partial charge < -0.3 is 15.4 Å². The highest BCUT2D eigenvalue weighted by molar-refractivity contribution is 5.94. The predicted octanol–water partition coefficient (Wildman–Crippen LogP) is 2.40. The maximum Gasteiger partial charge on any atom is 0.251 e. The van der Waals surface area contributed by atoms with Gasteiger partial charge in [0.25, 0.3) is 5.91 Å². The number of hydrogen-bond donors (Lipinski definition) is 2. The number of carbonyl (C=O) groups is 1. The Balaban J connectivity index is 0.00000220. The summed E-state index contributed by atoms with van der Waals surface area (Å²) in [4.78, 5) is 12.0. The Hall–Kier alpha value is -1.52. The van der Waals surface area contributed by atoms with Gasteiger partial charge in [-0.3, -0.25) is 4.79 Å². The number of amides is 1. The molecule has 1 fully saturated rings. The SMILES string of the molecule is C=CCOc1ccc(C(=O)NCCC2CCNC2)cc1.Cl. The second-order valence-electron chi connectivity index (χ2n) is 5.03. The summed E-state index contributed by atoms with van der Waals surface area (Å²) in [7, 11) is 0. The molecule has 0 saturated carbocycles. The van der Waals surface area contributed by atoms with Crippen LogP contribution >= 0.6 is 12.4 Å². The summed E-state index contributed by atoms with van der Waals surface area (Å²) in [6.07, 6.45) is 3.95. The summed E-state index contributed by atoms with van der Waals surface area (Å²) in [6, 6.07) is 7.17. The van der Waals surface area contributed by atoms with Crippen molar-refractivity contribution in [2.75, 3.05) is 26.2 Å². The zero-order chi connectivity index (χ0) is 14.2. The Labute approximate surface area is 132 Å². The highest BCUT2D eigenvalue weighted by atomic mass is 35.5. The van der Waals surface area contributed by atoms with E-state index in [1.54, 1.807) is 30.3 Å². The molecule has 5 heteroatoms. The zero-order valence-corrected chi connectivity index (χ0v) is 13.0. The molecule has 0 spiro atoms. The van der Waals surface area contributed by atoms with Gasteiger partial charge in [0, 0.05) is 12.1 Å². The minimum absolute atomic E-state index is 0. The lowest BCUT2D eigenvalue weighted by Crippen LogP contribution is -2.26. The van der Waals surface area contributed by atoms with E-state index in [1.165, 1.54) is 6.42 Å². The third kappa shape index (κ3) is 5.78. The molecule has 0 aromatic heterocycles. The molecule has 1 amide bonds. The van der Waals surface area contributed by atoms with Gasteiger partial charge in [-0.2, -0.15) is 0 Å². The molecule has 0 aliphatic carbocycles. The second kappa shape index (κ2) is 9.42. The van der Waals surface area contributed by atoms with Gasteiger partial charge >= 0.3 is 0 Å². The van der Waals surface area contributed by atoms with E-state index in [0.717, 1.165) is 31.8 Å². The summed E-state index contributed by atoms with van der Waals surface area (Å²) >= 11 is 0. The van der Waals surface area contributed by atoms with Crippen LogP contribution in [0.3, 0.4) is 0 Å². The number of ether oxygens (including phenoxy) is 1. The lowest BCUT2D eigenvalue weighted by molar-refractivity contribution is 0.0951. The van der Waals surface area contributed by atoms with Crippen molar-refractivity contribution in [1.82, 2.24) is 10.6 Å². The largest absolute Gasteiger partial charge is 0.490 e. The van der Waals surface area contributed by atoms with Crippen LogP contribution < -0.4 is 15.4 Å². The van der Waals surface area contributed by atoms with E-state index in [9.17, 15) is 4.79 Å². The highest BCUT2D eigenvalue weighted by Gasteiger charge is 2.14. The van der Waals surface area contributed by atoms with E-state index in [4.69, 9.17) is 4.74 Å². The number of rotatable bonds is 7. The zero-order valence-electron chi connectivity index (χ0n) is 12.1. The Morgan fingerprint density at radius 1 is 1.43 bits per heavy atom. The number of nitrogens with one attached hydrogen (secondary N) is 2. The lowest BCUT2D eigenvalue weighted by atomic mass is 10.1. The molecule has 2 N–H and O–H groups in total. The smallest absolute Gasteiger partial charge is 0.251 e. The number of hydrogen-bond acceptors (Lipinski definition) is 3. The number of benzene rings is 1. The molecular formula is C16H23ClN2O2. The third-order valence-electron chi connectivity index (χ3n) is 3.48. The molecular weight excluding hydrogens is 288 g/mol. The first-order valence-electron chi connectivity index (χ1n) is 7.12. The van der Waals surface area contributed by atoms with Crippen molar-refractivity contribution in [3.8, 4) is 5.75 Å². The van der Waals surface area contributed by atoms with Crippen molar-refractivity contribution in [3.63, 3.8) is 0 Å². The molecule has 4 nitrogen and oxygen atoms in total. The van der Waals surface area contributed by atoms with E-state index < -0.39 is 0 Å². The van der Waals surface area contributed by atoms with Crippen molar-refractivity contribution < 1.29 is 9.53 Å². The number of halogens is 1. The summed E-state index contributed by atoms with van der Waals surface area (Å²) in [5.74, 6) is 1.43. The first kappa shape index (κ1) is 17.5. The molecule has 1 aromatic rings. The Morgan fingerprint density at radius 2 is 2.19 bits per heavy atom. The van der Waals surface area contributed by atoms with E-state index in [2.05, 4.69) is 17.2 Å². The lowest BCUT2D eigenvalue weighted by Gasteiger charge is -2.10. The van der Waals surface area contributed by atoms with E-state index >= 15 is 0 Å². The molecule has 2 rings (SSSR count). The van der Waals surface area contributed by atoms with Gasteiger partial charge in [-0.15, -0.1) is 12.4 Å². The molecule has 1 aliphatic heterocycles. The van der Waals surface area contributed by atoms with Crippen LogP contribution in [-0.2, 0) is 0 Å². The predicted molar refractivity (Wildman–Crippen MR) is 87.3 cm³/mol. The molecule has 0 radical (unpaired) electrons. The fourth-order valence-electron chi connectivity index (χ4n) is 2.31. The van der Waals surface area contributed by atoms with Gasteiger partial charge in [-0.05, 0) is 56.1 Å². The Bertz CT molecular complexity index is 442. The molecule has 1 heterocycles. The average molecular weight is 311 g/mol. The van der Waals surface area contributed by atoms with Crippen molar-refractivity contribution in [2.45, 2.75) is 12.8 Å². The fraction of sp³-hybridized carbons (Fsp3) is 0.438. The average Bonchev–Trinajstić information content (AvgIpc) is 2.99. The summed E-state index contributed by atoms with van der Waals surface area (Å²) < 4.78 is 5.38. The van der Waals surface area contributed by atoms with E-state index in [-0.39, 0.29) is 18.3 Å². The van der Waals surface area contributed by atoms with E-state index in [1.807, 2.05) is 0 Å². The summed E-state index contributed by atoms with van der Waals surface area (Å²) in [6.45, 7) is 6.98. The molecule has 21 heavy (non-hydrogen) atoms. The van der Waals surface area contributed by atoms with Crippen molar-refractivity contribution in [1.29, 1.82) is 0 Å². The van der Waals surface area contributed by atoms with Crippen molar-refractivity contribution in [2.24, 2.45) is 5.92 Å². The monoisotopic (exact) mass is 310 g/mol. The minimum atomic E-state index is -0.0220. The maximum absolute atomic E-state index is 12.0. The maximum atomic E-state index is 12.0. The van der Waals surface area contributed by atoms with Crippen LogP contribution in [0.15, 0.2) is 36.9 Å². The Kier molecular flexibility index (Phi) is 7.87. The first-order valence-corrected chi connectivity index (χ1v) is 7.12. The first-order chi connectivity index (χ1) is 9.79. The normalized spacial score (nSPS) is 16.9. The highest BCUT2D eigenvalue weighted by Crippen LogP contribution is 2.13. The molecule has 1 aliphatic rings. The summed E-state index contributed by atoms with van der Waals surface area (Å²) in [5.41, 5.74) is 0.667. The number of carbonyl (C=O) groups excluding carboxylic acids is 1. The second-order valence-corrected chi connectivity index (χ2v) is 5.03. The molecule has 1 atom stereocenters. The van der Waals surface area contributed by atoms with Crippen LogP contribution in [0.25, 0.3) is 0 Å². The van der Waals surface area contributed by atoms with Crippen molar-refractivity contribution >= 4 is 18.3 Å². The van der Waals surface area contributed by atoms with Crippen LogP contribution in [0.5, 0.6) is 5.75 Å². The molecule has 1 aromatic carbocycles. The van der Waals surface area contributed by atoms with Gasteiger partial charge in [-0.1, -0.05) is 12.7 Å². The summed E-state index contributed by atoms with van der Waals surface area (Å²) in [5, 5.41) is 6.30. The molecule has 1 unspecified atom stereocenters. The van der Waals surface area contributed by atoms with Crippen LogP contribution in [0, 0.1) is 5.92 Å². The standard InChI is InChI=1S/C16H22N2O2.ClH/c1-2-11-20-15-5-3-14(4-6-15)16(19)18-10-8-13-7-9-17-12-13;/h2-6,13,17H,1,7-12H2,(H,18,19);1H. The fourth-order valence-corrected chi connectivity index (χ4v) is 2.31. The van der Waals surface area contributed by atoms with Crippen LogP contribution in [0.1, 0.15) is 23.2 Å². The van der Waals surface area contributed by atoms with Gasteiger partial charge in [-0.25, -0.2) is 0 Å². The topological polar surface area (TPSA) is 50.4 Å². The molecule has 116 valence electrons. The van der Waals surface area contributed by atoms with Crippen LogP contribution in [-0.4, -0.2) is 32.1 Å². The van der Waals surface area contributed by atoms with Crippen LogP contribution in [0.2, 0.25) is 0 Å².